The molecule has 120 valence electrons. The van der Waals surface area contributed by atoms with Crippen molar-refractivity contribution in [3.8, 4) is 0 Å². The molecule has 5 nitrogen and oxygen atoms in total. The fourth-order valence-corrected chi connectivity index (χ4v) is 3.64. The van der Waals surface area contributed by atoms with E-state index in [1.54, 1.807) is 12.5 Å². The standard InChI is InChI=1S/C18H21N3O2/c22-18(21-11-3-5-16(21)17-6-4-12-23-17)15-13-14(7-8-19-15)20-9-1-2-10-20/h4,6-8,12-13,16H,1-3,5,9-11H2. The summed E-state index contributed by atoms with van der Waals surface area (Å²) < 4.78 is 5.52. The molecule has 4 heterocycles. The molecule has 0 spiro atoms. The molecule has 5 heteroatoms. The molecule has 2 aliphatic heterocycles. The Labute approximate surface area is 135 Å². The third-order valence-corrected chi connectivity index (χ3v) is 4.82. The van der Waals surface area contributed by atoms with Gasteiger partial charge in [0.05, 0.1) is 12.3 Å². The van der Waals surface area contributed by atoms with Crippen LogP contribution >= 0.6 is 0 Å². The summed E-state index contributed by atoms with van der Waals surface area (Å²) in [6.45, 7) is 2.90. The topological polar surface area (TPSA) is 49.6 Å². The Morgan fingerprint density at radius 3 is 2.83 bits per heavy atom. The summed E-state index contributed by atoms with van der Waals surface area (Å²) in [6.07, 6.45) is 7.81. The van der Waals surface area contributed by atoms with Gasteiger partial charge in [-0.15, -0.1) is 0 Å². The maximum Gasteiger partial charge on any atom is 0.273 e. The van der Waals surface area contributed by atoms with E-state index in [2.05, 4.69) is 9.88 Å². The van der Waals surface area contributed by atoms with Gasteiger partial charge in [-0.3, -0.25) is 9.78 Å². The number of aromatic nitrogens is 1. The molecule has 1 atom stereocenters. The zero-order valence-corrected chi connectivity index (χ0v) is 13.1. The molecule has 0 aromatic carbocycles. The second-order valence-corrected chi connectivity index (χ2v) is 6.27. The quantitative estimate of drug-likeness (QED) is 0.873. The number of nitrogens with zero attached hydrogens (tertiary/aromatic N) is 3. The summed E-state index contributed by atoms with van der Waals surface area (Å²) in [5, 5.41) is 0. The number of amides is 1. The van der Waals surface area contributed by atoms with E-state index < -0.39 is 0 Å². The van der Waals surface area contributed by atoms with Gasteiger partial charge in [0.15, 0.2) is 0 Å². The number of anilines is 1. The van der Waals surface area contributed by atoms with E-state index in [9.17, 15) is 4.79 Å². The minimum absolute atomic E-state index is 0.00458. The molecule has 23 heavy (non-hydrogen) atoms. The summed E-state index contributed by atoms with van der Waals surface area (Å²) in [7, 11) is 0. The first-order valence-electron chi connectivity index (χ1n) is 8.38. The minimum atomic E-state index is 0.00458. The highest BCUT2D eigenvalue weighted by molar-refractivity contribution is 5.93. The largest absolute Gasteiger partial charge is 0.467 e. The van der Waals surface area contributed by atoms with Gasteiger partial charge < -0.3 is 14.2 Å². The van der Waals surface area contributed by atoms with E-state index in [0.717, 1.165) is 43.9 Å². The molecule has 2 fully saturated rings. The first-order chi connectivity index (χ1) is 11.3. The Morgan fingerprint density at radius 1 is 1.17 bits per heavy atom. The lowest BCUT2D eigenvalue weighted by atomic mass is 10.1. The van der Waals surface area contributed by atoms with Crippen molar-refractivity contribution in [3.05, 3.63) is 48.2 Å². The van der Waals surface area contributed by atoms with Crippen LogP contribution < -0.4 is 4.90 Å². The average Bonchev–Trinajstić information content (AvgIpc) is 3.35. The Morgan fingerprint density at radius 2 is 2.04 bits per heavy atom. The van der Waals surface area contributed by atoms with Crippen molar-refractivity contribution in [1.29, 1.82) is 0 Å². The van der Waals surface area contributed by atoms with Crippen LogP contribution in [0.5, 0.6) is 0 Å². The number of hydrogen-bond donors (Lipinski definition) is 0. The van der Waals surface area contributed by atoms with Gasteiger partial charge in [0.2, 0.25) is 0 Å². The van der Waals surface area contributed by atoms with E-state index in [1.807, 2.05) is 29.2 Å². The minimum Gasteiger partial charge on any atom is -0.467 e. The molecule has 0 radical (unpaired) electrons. The van der Waals surface area contributed by atoms with Crippen molar-refractivity contribution in [2.45, 2.75) is 31.7 Å². The van der Waals surface area contributed by atoms with Crippen LogP contribution in [0.3, 0.4) is 0 Å². The van der Waals surface area contributed by atoms with E-state index in [1.165, 1.54) is 12.8 Å². The normalized spacial score (nSPS) is 21.1. The van der Waals surface area contributed by atoms with Gasteiger partial charge in [-0.05, 0) is 49.9 Å². The Kier molecular flexibility index (Phi) is 3.77. The molecule has 2 aliphatic rings. The van der Waals surface area contributed by atoms with Gasteiger partial charge in [0.25, 0.3) is 5.91 Å². The lowest BCUT2D eigenvalue weighted by molar-refractivity contribution is 0.0714. The van der Waals surface area contributed by atoms with Crippen LogP contribution in [0.15, 0.2) is 41.1 Å². The third-order valence-electron chi connectivity index (χ3n) is 4.82. The van der Waals surface area contributed by atoms with Crippen molar-refractivity contribution in [1.82, 2.24) is 9.88 Å². The number of carbonyl (C=O) groups excluding carboxylic acids is 1. The second-order valence-electron chi connectivity index (χ2n) is 6.27. The van der Waals surface area contributed by atoms with Crippen LogP contribution in [0.2, 0.25) is 0 Å². The van der Waals surface area contributed by atoms with Crippen molar-refractivity contribution in [2.75, 3.05) is 24.5 Å². The summed E-state index contributed by atoms with van der Waals surface area (Å²) >= 11 is 0. The van der Waals surface area contributed by atoms with Crippen molar-refractivity contribution in [3.63, 3.8) is 0 Å². The molecule has 0 saturated carbocycles. The summed E-state index contributed by atoms with van der Waals surface area (Å²) in [4.78, 5) is 21.5. The first kappa shape index (κ1) is 14.3. The van der Waals surface area contributed by atoms with Crippen molar-refractivity contribution in [2.24, 2.45) is 0 Å². The summed E-state index contributed by atoms with van der Waals surface area (Å²) in [6, 6.07) is 7.79. The van der Waals surface area contributed by atoms with Gasteiger partial charge in [-0.25, -0.2) is 0 Å². The molecule has 2 aromatic heterocycles. The van der Waals surface area contributed by atoms with Crippen molar-refractivity contribution < 1.29 is 9.21 Å². The number of likely N-dealkylation sites (tertiary alicyclic amines) is 1. The van der Waals surface area contributed by atoms with Crippen molar-refractivity contribution >= 4 is 11.6 Å². The van der Waals surface area contributed by atoms with E-state index in [-0.39, 0.29) is 11.9 Å². The second kappa shape index (κ2) is 6.07. The summed E-state index contributed by atoms with van der Waals surface area (Å²) in [5.74, 6) is 0.872. The predicted octanol–water partition coefficient (Wildman–Crippen LogP) is 3.25. The highest BCUT2D eigenvalue weighted by atomic mass is 16.3. The zero-order chi connectivity index (χ0) is 15.6. The van der Waals surface area contributed by atoms with Gasteiger partial charge in [-0.2, -0.15) is 0 Å². The molecule has 0 bridgehead atoms. The van der Waals surface area contributed by atoms with Crippen LogP contribution in [0.1, 0.15) is 48.0 Å². The van der Waals surface area contributed by atoms with Crippen LogP contribution in [0, 0.1) is 0 Å². The van der Waals surface area contributed by atoms with E-state index >= 15 is 0 Å². The van der Waals surface area contributed by atoms with Crippen LogP contribution in [0.25, 0.3) is 0 Å². The molecule has 2 saturated heterocycles. The summed E-state index contributed by atoms with van der Waals surface area (Å²) in [5.41, 5.74) is 1.64. The van der Waals surface area contributed by atoms with Crippen LogP contribution in [-0.4, -0.2) is 35.4 Å². The Hall–Kier alpha value is -2.30. The zero-order valence-electron chi connectivity index (χ0n) is 13.1. The molecule has 1 amide bonds. The van der Waals surface area contributed by atoms with Gasteiger partial charge in [0.1, 0.15) is 11.5 Å². The number of rotatable bonds is 3. The van der Waals surface area contributed by atoms with E-state index in [0.29, 0.717) is 5.69 Å². The molecule has 0 N–H and O–H groups in total. The molecule has 1 unspecified atom stereocenters. The fraction of sp³-hybridized carbons (Fsp3) is 0.444. The Balaban J connectivity index is 1.57. The molecular formula is C18H21N3O2. The number of furan rings is 1. The maximum absolute atomic E-state index is 12.9. The van der Waals surface area contributed by atoms with Gasteiger partial charge in [0, 0.05) is 31.5 Å². The molecular weight excluding hydrogens is 290 g/mol. The first-order valence-corrected chi connectivity index (χ1v) is 8.38. The highest BCUT2D eigenvalue weighted by Gasteiger charge is 2.33. The van der Waals surface area contributed by atoms with Gasteiger partial charge in [-0.1, -0.05) is 0 Å². The van der Waals surface area contributed by atoms with E-state index in [4.69, 9.17) is 4.42 Å². The smallest absolute Gasteiger partial charge is 0.273 e. The average molecular weight is 311 g/mol. The predicted molar refractivity (Wildman–Crippen MR) is 87.4 cm³/mol. The third kappa shape index (κ3) is 2.71. The lowest BCUT2D eigenvalue weighted by Crippen LogP contribution is -2.31. The fourth-order valence-electron chi connectivity index (χ4n) is 3.64. The molecule has 4 rings (SSSR count). The number of carbonyl (C=O) groups is 1. The van der Waals surface area contributed by atoms with Crippen LogP contribution in [0.4, 0.5) is 5.69 Å². The highest BCUT2D eigenvalue weighted by Crippen LogP contribution is 2.33. The lowest BCUT2D eigenvalue weighted by Gasteiger charge is -2.23. The molecule has 2 aromatic rings. The maximum atomic E-state index is 12.9. The SMILES string of the molecule is O=C(c1cc(N2CCCC2)ccn1)N1CCCC1c1ccco1. The van der Waals surface area contributed by atoms with Gasteiger partial charge >= 0.3 is 0 Å². The Bertz CT molecular complexity index is 677. The van der Waals surface area contributed by atoms with Crippen LogP contribution in [-0.2, 0) is 0 Å². The number of hydrogen-bond acceptors (Lipinski definition) is 4. The molecule has 0 aliphatic carbocycles. The monoisotopic (exact) mass is 311 g/mol. The number of pyridine rings is 1.